The molecule has 0 saturated carbocycles. The normalized spacial score (nSPS) is 11.1. The number of hydrogen-bond donors (Lipinski definition) is 2. The number of nitrogens with one attached hydrogen (secondary N) is 1. The molecule has 10 heteroatoms. The van der Waals surface area contributed by atoms with Crippen molar-refractivity contribution in [2.45, 2.75) is 4.90 Å². The second-order valence-electron chi connectivity index (χ2n) is 3.98. The van der Waals surface area contributed by atoms with Gasteiger partial charge in [0.2, 0.25) is 0 Å². The highest BCUT2D eigenvalue weighted by Crippen LogP contribution is 2.23. The zero-order valence-electron chi connectivity index (χ0n) is 10.4. The molecule has 0 aliphatic carbocycles. The molecule has 1 heterocycles. The lowest BCUT2D eigenvalue weighted by molar-refractivity contribution is -0.385. The Morgan fingerprint density at radius 1 is 1.29 bits per heavy atom. The number of nitrogens with two attached hydrogens (primary N) is 1. The van der Waals surface area contributed by atoms with Crippen molar-refractivity contribution in [3.8, 4) is 0 Å². The molecule has 0 bridgehead atoms. The third-order valence-electron chi connectivity index (χ3n) is 2.41. The van der Waals surface area contributed by atoms with Crippen molar-refractivity contribution in [3.63, 3.8) is 0 Å². The molecule has 0 unspecified atom stereocenters. The topological polar surface area (TPSA) is 128 Å². The van der Waals surface area contributed by atoms with Gasteiger partial charge in [-0.05, 0) is 12.1 Å². The van der Waals surface area contributed by atoms with Crippen molar-refractivity contribution < 1.29 is 17.7 Å². The molecule has 2 rings (SSSR count). The molecule has 0 fully saturated rings. The zero-order valence-corrected chi connectivity index (χ0v) is 11.2. The van der Waals surface area contributed by atoms with Crippen LogP contribution in [-0.4, -0.2) is 18.3 Å². The second kappa shape index (κ2) is 5.32. The lowest BCUT2D eigenvalue weighted by Gasteiger charge is -2.08. The molecule has 0 aliphatic rings. The number of aromatic nitrogens is 1. The van der Waals surface area contributed by atoms with E-state index in [4.69, 9.17) is 5.73 Å². The molecule has 3 N–H and O–H groups in total. The van der Waals surface area contributed by atoms with Gasteiger partial charge in [0, 0.05) is 18.3 Å². The molecule has 2 aromatic rings. The number of rotatable bonds is 4. The Balaban J connectivity index is 2.39. The molecule has 8 nitrogen and oxygen atoms in total. The second-order valence-corrected chi connectivity index (χ2v) is 5.66. The molecule has 0 radical (unpaired) electrons. The molecule has 0 amide bonds. The summed E-state index contributed by atoms with van der Waals surface area (Å²) in [6, 6.07) is 4.71. The van der Waals surface area contributed by atoms with Crippen LogP contribution in [0.4, 0.5) is 21.6 Å². The monoisotopic (exact) mass is 312 g/mol. The molecule has 0 saturated heterocycles. The number of nitro benzene ring substituents is 1. The van der Waals surface area contributed by atoms with Crippen molar-refractivity contribution in [1.82, 2.24) is 4.98 Å². The summed E-state index contributed by atoms with van der Waals surface area (Å²) in [7, 11) is -4.05. The van der Waals surface area contributed by atoms with Gasteiger partial charge in [-0.3, -0.25) is 14.8 Å². The number of pyridine rings is 1. The summed E-state index contributed by atoms with van der Waals surface area (Å²) in [6.07, 6.45) is 1.19. The van der Waals surface area contributed by atoms with Crippen LogP contribution in [0.1, 0.15) is 0 Å². The molecular weight excluding hydrogens is 303 g/mol. The number of halogens is 1. The van der Waals surface area contributed by atoms with Gasteiger partial charge in [-0.2, -0.15) is 0 Å². The van der Waals surface area contributed by atoms with Crippen molar-refractivity contribution >= 4 is 27.2 Å². The van der Waals surface area contributed by atoms with Crippen LogP contribution in [0.2, 0.25) is 0 Å². The van der Waals surface area contributed by atoms with E-state index in [1.54, 1.807) is 0 Å². The Bertz CT molecular complexity index is 810. The highest BCUT2D eigenvalue weighted by Gasteiger charge is 2.17. The van der Waals surface area contributed by atoms with E-state index in [0.717, 1.165) is 18.2 Å². The largest absolute Gasteiger partial charge is 0.384 e. The van der Waals surface area contributed by atoms with Crippen LogP contribution < -0.4 is 10.5 Å². The summed E-state index contributed by atoms with van der Waals surface area (Å²) in [5.41, 5.74) is 4.55. The van der Waals surface area contributed by atoms with Gasteiger partial charge in [0.05, 0.1) is 21.6 Å². The van der Waals surface area contributed by atoms with Gasteiger partial charge in [0.1, 0.15) is 11.6 Å². The number of benzene rings is 1. The van der Waals surface area contributed by atoms with Crippen molar-refractivity contribution in [3.05, 3.63) is 52.5 Å². The summed E-state index contributed by atoms with van der Waals surface area (Å²) in [5.74, 6) is -0.945. The van der Waals surface area contributed by atoms with E-state index in [1.807, 2.05) is 4.72 Å². The fourth-order valence-electron chi connectivity index (χ4n) is 1.55. The summed E-state index contributed by atoms with van der Waals surface area (Å²) in [4.78, 5) is 13.2. The fraction of sp³-hybridized carbons (Fsp3) is 0. The van der Waals surface area contributed by atoms with E-state index in [1.165, 1.54) is 12.3 Å². The number of nitrogens with zero attached hydrogens (tertiary/aromatic N) is 2. The molecule has 0 atom stereocenters. The number of anilines is 2. The van der Waals surface area contributed by atoms with Gasteiger partial charge < -0.3 is 5.73 Å². The van der Waals surface area contributed by atoms with Crippen molar-refractivity contribution in [2.24, 2.45) is 0 Å². The smallest absolute Gasteiger partial charge is 0.274 e. The average Bonchev–Trinajstić information content (AvgIpc) is 2.37. The van der Waals surface area contributed by atoms with Crippen LogP contribution in [0.15, 0.2) is 41.4 Å². The maximum Gasteiger partial charge on any atom is 0.274 e. The first kappa shape index (κ1) is 14.7. The number of nitrogen functional groups attached to an aromatic ring is 1. The van der Waals surface area contributed by atoms with E-state index >= 15 is 0 Å². The highest BCUT2D eigenvalue weighted by atomic mass is 32.2. The molecule has 1 aromatic carbocycles. The van der Waals surface area contributed by atoms with E-state index in [2.05, 4.69) is 4.98 Å². The Morgan fingerprint density at radius 2 is 2.00 bits per heavy atom. The summed E-state index contributed by atoms with van der Waals surface area (Å²) in [6.45, 7) is 0. The Kier molecular flexibility index (Phi) is 3.72. The van der Waals surface area contributed by atoms with E-state index in [9.17, 15) is 22.9 Å². The van der Waals surface area contributed by atoms with Gasteiger partial charge in [-0.1, -0.05) is 0 Å². The third-order valence-corrected chi connectivity index (χ3v) is 3.79. The van der Waals surface area contributed by atoms with E-state index < -0.39 is 26.5 Å². The van der Waals surface area contributed by atoms with Crippen LogP contribution in [0, 0.1) is 15.9 Å². The van der Waals surface area contributed by atoms with Crippen LogP contribution in [0.5, 0.6) is 0 Å². The van der Waals surface area contributed by atoms with Crippen LogP contribution in [0.25, 0.3) is 0 Å². The summed E-state index contributed by atoms with van der Waals surface area (Å²) < 4.78 is 39.4. The Labute approximate surface area is 118 Å². The first-order chi connectivity index (χ1) is 9.78. The minimum absolute atomic E-state index is 0.0110. The quantitative estimate of drug-likeness (QED) is 0.650. The van der Waals surface area contributed by atoms with Crippen LogP contribution >= 0.6 is 0 Å². The molecule has 1 aromatic heterocycles. The standard InChI is InChI=1S/C11H9FN4O4S/c12-7-3-8(5-9(4-7)16(17)18)15-21(19,20)10-1-2-14-11(13)6-10/h1-6,15H,(H2,13,14). The lowest BCUT2D eigenvalue weighted by Crippen LogP contribution is -2.13. The van der Waals surface area contributed by atoms with Crippen molar-refractivity contribution in [2.75, 3.05) is 10.5 Å². The van der Waals surface area contributed by atoms with E-state index in [0.29, 0.717) is 6.07 Å². The highest BCUT2D eigenvalue weighted by molar-refractivity contribution is 7.92. The minimum Gasteiger partial charge on any atom is -0.384 e. The third kappa shape index (κ3) is 3.42. The summed E-state index contributed by atoms with van der Waals surface area (Å²) >= 11 is 0. The molecular formula is C11H9FN4O4S. The minimum atomic E-state index is -4.05. The van der Waals surface area contributed by atoms with E-state index in [-0.39, 0.29) is 16.4 Å². The average molecular weight is 312 g/mol. The Hall–Kier alpha value is -2.75. The predicted octanol–water partition coefficient (Wildman–Crippen LogP) is 1.51. The Morgan fingerprint density at radius 3 is 2.62 bits per heavy atom. The molecule has 0 aliphatic heterocycles. The van der Waals surface area contributed by atoms with Crippen LogP contribution in [0.3, 0.4) is 0 Å². The van der Waals surface area contributed by atoms with Crippen LogP contribution in [-0.2, 0) is 10.0 Å². The first-order valence-corrected chi connectivity index (χ1v) is 6.95. The van der Waals surface area contributed by atoms with Gasteiger partial charge in [0.25, 0.3) is 15.7 Å². The molecule has 0 spiro atoms. The first-order valence-electron chi connectivity index (χ1n) is 5.47. The SMILES string of the molecule is Nc1cc(S(=O)(=O)Nc2cc(F)cc([N+](=O)[O-])c2)ccn1. The van der Waals surface area contributed by atoms with Gasteiger partial charge in [0.15, 0.2) is 0 Å². The molecule has 110 valence electrons. The maximum absolute atomic E-state index is 13.3. The predicted molar refractivity (Wildman–Crippen MR) is 72.5 cm³/mol. The number of nitro groups is 1. The zero-order chi connectivity index (χ0) is 15.6. The molecule has 21 heavy (non-hydrogen) atoms. The lowest BCUT2D eigenvalue weighted by atomic mass is 10.3. The number of hydrogen-bond acceptors (Lipinski definition) is 6. The van der Waals surface area contributed by atoms with Crippen molar-refractivity contribution in [1.29, 1.82) is 0 Å². The van der Waals surface area contributed by atoms with Gasteiger partial charge >= 0.3 is 0 Å². The fourth-order valence-corrected chi connectivity index (χ4v) is 2.61. The number of sulfonamides is 1. The maximum atomic E-state index is 13.3. The van der Waals surface area contributed by atoms with Gasteiger partial charge in [-0.15, -0.1) is 0 Å². The van der Waals surface area contributed by atoms with Gasteiger partial charge in [-0.25, -0.2) is 17.8 Å². The number of non-ortho nitro benzene ring substituents is 1. The summed E-state index contributed by atoms with van der Waals surface area (Å²) in [5, 5.41) is 10.6.